The molecule has 1 aromatic rings. The van der Waals surface area contributed by atoms with Crippen LogP contribution in [0.3, 0.4) is 0 Å². The average molecular weight is 254 g/mol. The smallest absolute Gasteiger partial charge is 0.327 e. The van der Waals surface area contributed by atoms with Gasteiger partial charge in [-0.2, -0.15) is 0 Å². The van der Waals surface area contributed by atoms with Crippen molar-refractivity contribution in [1.29, 1.82) is 0 Å². The first-order valence-corrected chi connectivity index (χ1v) is 6.03. The zero-order chi connectivity index (χ0) is 12.8. The largest absolute Gasteiger partial charge is 0.480 e. The van der Waals surface area contributed by atoms with Crippen LogP contribution >= 0.6 is 11.8 Å². The molecule has 0 saturated heterocycles. The summed E-state index contributed by atoms with van der Waals surface area (Å²) in [5.74, 6) is -1.08. The van der Waals surface area contributed by atoms with Crippen molar-refractivity contribution in [2.45, 2.75) is 24.8 Å². The van der Waals surface area contributed by atoms with Crippen molar-refractivity contribution >= 4 is 23.6 Å². The number of aliphatic carboxylic acids is 1. The van der Waals surface area contributed by atoms with E-state index < -0.39 is 12.0 Å². The van der Waals surface area contributed by atoms with Crippen molar-refractivity contribution in [3.8, 4) is 0 Å². The number of hydrogen-bond donors (Lipinski definition) is 2. The van der Waals surface area contributed by atoms with Gasteiger partial charge in [0.25, 0.3) is 0 Å². The number of aromatic nitrogens is 1. The van der Waals surface area contributed by atoms with Crippen LogP contribution in [0.2, 0.25) is 0 Å². The molecule has 1 amide bonds. The summed E-state index contributed by atoms with van der Waals surface area (Å²) >= 11 is 1.38. The molecule has 0 aliphatic carbocycles. The summed E-state index contributed by atoms with van der Waals surface area (Å²) in [6.45, 7) is 3.17. The highest BCUT2D eigenvalue weighted by molar-refractivity contribution is 7.99. The lowest BCUT2D eigenvalue weighted by Crippen LogP contribution is -2.41. The van der Waals surface area contributed by atoms with Crippen LogP contribution < -0.4 is 5.32 Å². The molecule has 6 heteroatoms. The predicted molar refractivity (Wildman–Crippen MR) is 64.9 cm³/mol. The number of carbonyl (C=O) groups is 2. The first-order valence-electron chi connectivity index (χ1n) is 5.04. The molecule has 2 N–H and O–H groups in total. The van der Waals surface area contributed by atoms with E-state index in [-0.39, 0.29) is 5.91 Å². The number of hydrogen-bond acceptors (Lipinski definition) is 4. The lowest BCUT2D eigenvalue weighted by atomic mass is 10.3. The van der Waals surface area contributed by atoms with Gasteiger partial charge in [0.2, 0.25) is 5.91 Å². The Morgan fingerprint density at radius 3 is 2.82 bits per heavy atom. The Labute approximate surface area is 104 Å². The van der Waals surface area contributed by atoms with Gasteiger partial charge in [0.1, 0.15) is 6.04 Å². The summed E-state index contributed by atoms with van der Waals surface area (Å²) in [6, 6.07) is 2.81. The van der Waals surface area contributed by atoms with E-state index in [9.17, 15) is 9.59 Å². The molecule has 0 aromatic carbocycles. The highest BCUT2D eigenvalue weighted by Crippen LogP contribution is 2.18. The van der Waals surface area contributed by atoms with Crippen LogP contribution in [0.15, 0.2) is 23.2 Å². The Hall–Kier alpha value is -1.56. The molecule has 1 atom stereocenters. The Morgan fingerprint density at radius 1 is 1.59 bits per heavy atom. The molecule has 0 spiro atoms. The van der Waals surface area contributed by atoms with E-state index >= 15 is 0 Å². The van der Waals surface area contributed by atoms with Gasteiger partial charge in [-0.25, -0.2) is 4.79 Å². The molecule has 1 aromatic heterocycles. The predicted octanol–water partition coefficient (Wildman–Crippen LogP) is 1.07. The van der Waals surface area contributed by atoms with E-state index in [2.05, 4.69) is 10.3 Å². The monoisotopic (exact) mass is 254 g/mol. The van der Waals surface area contributed by atoms with Crippen LogP contribution in [0.1, 0.15) is 12.6 Å². The van der Waals surface area contributed by atoms with Crippen LogP contribution in [0.4, 0.5) is 0 Å². The van der Waals surface area contributed by atoms with Crippen LogP contribution in [-0.4, -0.2) is 33.8 Å². The SMILES string of the molecule is CC(=O)N[C@@H](CSc1ccnc(C)c1)C(=O)O. The maximum atomic E-state index is 10.9. The van der Waals surface area contributed by atoms with Gasteiger partial charge < -0.3 is 10.4 Å². The van der Waals surface area contributed by atoms with Gasteiger partial charge in [0, 0.05) is 29.5 Å². The van der Waals surface area contributed by atoms with Crippen molar-refractivity contribution in [1.82, 2.24) is 10.3 Å². The summed E-state index contributed by atoms with van der Waals surface area (Å²) in [7, 11) is 0. The number of carbonyl (C=O) groups excluding carboxylic acids is 1. The van der Waals surface area contributed by atoms with Crippen molar-refractivity contribution in [2.24, 2.45) is 0 Å². The van der Waals surface area contributed by atoms with E-state index in [1.165, 1.54) is 18.7 Å². The highest BCUT2D eigenvalue weighted by Gasteiger charge is 2.18. The minimum absolute atomic E-state index is 0.290. The Morgan fingerprint density at radius 2 is 2.29 bits per heavy atom. The van der Waals surface area contributed by atoms with Crippen molar-refractivity contribution in [2.75, 3.05) is 5.75 Å². The molecule has 5 nitrogen and oxygen atoms in total. The Balaban J connectivity index is 2.57. The maximum absolute atomic E-state index is 10.9. The fourth-order valence-electron chi connectivity index (χ4n) is 1.21. The molecule has 0 fully saturated rings. The summed E-state index contributed by atoms with van der Waals surface area (Å²) in [5, 5.41) is 11.3. The molecule has 0 saturated carbocycles. The third kappa shape index (κ3) is 4.86. The standard InChI is InChI=1S/C11H14N2O3S/c1-7-5-9(3-4-12-7)17-6-10(11(15)16)13-8(2)14/h3-5,10H,6H2,1-2H3,(H,13,14)(H,15,16)/t10-/m0/s1. The molecule has 92 valence electrons. The number of thioether (sulfide) groups is 1. The molecule has 0 bridgehead atoms. The first-order chi connectivity index (χ1) is 7.99. The lowest BCUT2D eigenvalue weighted by molar-refractivity contribution is -0.140. The van der Waals surface area contributed by atoms with E-state index in [1.54, 1.807) is 6.20 Å². The molecule has 0 unspecified atom stereocenters. The van der Waals surface area contributed by atoms with E-state index in [0.29, 0.717) is 5.75 Å². The quantitative estimate of drug-likeness (QED) is 0.768. The second-order valence-electron chi connectivity index (χ2n) is 3.54. The Bertz CT molecular complexity index is 423. The van der Waals surface area contributed by atoms with Crippen LogP contribution in [0, 0.1) is 6.92 Å². The van der Waals surface area contributed by atoms with Crippen molar-refractivity contribution in [3.63, 3.8) is 0 Å². The first kappa shape index (κ1) is 13.5. The van der Waals surface area contributed by atoms with Crippen LogP contribution in [0.25, 0.3) is 0 Å². The van der Waals surface area contributed by atoms with Crippen LogP contribution in [0.5, 0.6) is 0 Å². The Kier molecular flexibility index (Phi) is 4.96. The fraction of sp³-hybridized carbons (Fsp3) is 0.364. The van der Waals surface area contributed by atoms with Gasteiger partial charge in [0.15, 0.2) is 0 Å². The van der Waals surface area contributed by atoms with Crippen molar-refractivity contribution in [3.05, 3.63) is 24.0 Å². The highest BCUT2D eigenvalue weighted by atomic mass is 32.2. The molecule has 1 rings (SSSR count). The molecule has 1 heterocycles. The number of carboxylic acid groups (broad SMARTS) is 1. The zero-order valence-corrected chi connectivity index (χ0v) is 10.5. The molecular weight excluding hydrogens is 240 g/mol. The fourth-order valence-corrected chi connectivity index (χ4v) is 2.20. The maximum Gasteiger partial charge on any atom is 0.327 e. The second-order valence-corrected chi connectivity index (χ2v) is 4.63. The van der Waals surface area contributed by atoms with Gasteiger partial charge in [-0.3, -0.25) is 9.78 Å². The van der Waals surface area contributed by atoms with Crippen molar-refractivity contribution < 1.29 is 14.7 Å². The number of rotatable bonds is 5. The molecule has 17 heavy (non-hydrogen) atoms. The summed E-state index contributed by atoms with van der Waals surface area (Å²) in [4.78, 5) is 26.7. The van der Waals surface area contributed by atoms with E-state index in [1.807, 2.05) is 19.1 Å². The number of pyridine rings is 1. The normalized spacial score (nSPS) is 11.9. The summed E-state index contributed by atoms with van der Waals surface area (Å²) in [6.07, 6.45) is 1.67. The van der Waals surface area contributed by atoms with Gasteiger partial charge in [-0.1, -0.05) is 0 Å². The number of carboxylic acids is 1. The number of aryl methyl sites for hydroxylation is 1. The van der Waals surface area contributed by atoms with Gasteiger partial charge in [0.05, 0.1) is 0 Å². The van der Waals surface area contributed by atoms with E-state index in [4.69, 9.17) is 5.11 Å². The third-order valence-electron chi connectivity index (χ3n) is 1.96. The minimum Gasteiger partial charge on any atom is -0.480 e. The van der Waals surface area contributed by atoms with Gasteiger partial charge >= 0.3 is 5.97 Å². The topological polar surface area (TPSA) is 79.3 Å². The van der Waals surface area contributed by atoms with Crippen LogP contribution in [-0.2, 0) is 9.59 Å². The molecule has 0 aliphatic heterocycles. The van der Waals surface area contributed by atoms with E-state index in [0.717, 1.165) is 10.6 Å². The third-order valence-corrected chi connectivity index (χ3v) is 3.05. The number of nitrogens with zero attached hydrogens (tertiary/aromatic N) is 1. The minimum atomic E-state index is -1.03. The number of nitrogens with one attached hydrogen (secondary N) is 1. The van der Waals surface area contributed by atoms with Gasteiger partial charge in [-0.15, -0.1) is 11.8 Å². The zero-order valence-electron chi connectivity index (χ0n) is 9.64. The summed E-state index contributed by atoms with van der Waals surface area (Å²) in [5.41, 5.74) is 0.876. The summed E-state index contributed by atoms with van der Waals surface area (Å²) < 4.78 is 0. The number of amides is 1. The van der Waals surface area contributed by atoms with Gasteiger partial charge in [-0.05, 0) is 19.1 Å². The molecular formula is C11H14N2O3S. The molecule has 0 aliphatic rings. The lowest BCUT2D eigenvalue weighted by Gasteiger charge is -2.12. The second kappa shape index (κ2) is 6.24. The molecule has 0 radical (unpaired) electrons. The average Bonchev–Trinajstić information content (AvgIpc) is 2.23.